The molecular weight excluding hydrogens is 367 g/mol. The SMILES string of the molecule is N#Cc1c(-c2cc3c(cc2[N+](=O)[O-])OCO3)cc(-c2ccccc2F)nc1N. The molecule has 0 saturated heterocycles. The van der Waals surface area contributed by atoms with E-state index in [9.17, 15) is 19.8 Å². The molecule has 0 atom stereocenters. The van der Waals surface area contributed by atoms with Gasteiger partial charge in [0.1, 0.15) is 23.3 Å². The highest BCUT2D eigenvalue weighted by atomic mass is 19.1. The van der Waals surface area contributed by atoms with Crippen LogP contribution in [0.1, 0.15) is 5.56 Å². The Kier molecular flexibility index (Phi) is 4.01. The lowest BCUT2D eigenvalue weighted by Crippen LogP contribution is -2.02. The molecule has 2 N–H and O–H groups in total. The van der Waals surface area contributed by atoms with Gasteiger partial charge >= 0.3 is 0 Å². The van der Waals surface area contributed by atoms with E-state index in [-0.39, 0.29) is 52.0 Å². The third-order valence-electron chi connectivity index (χ3n) is 4.29. The third kappa shape index (κ3) is 2.73. The number of halogens is 1. The molecule has 2 aromatic carbocycles. The average molecular weight is 378 g/mol. The van der Waals surface area contributed by atoms with Crippen molar-refractivity contribution in [2.24, 2.45) is 0 Å². The Morgan fingerprint density at radius 3 is 2.54 bits per heavy atom. The molecule has 2 heterocycles. The van der Waals surface area contributed by atoms with E-state index < -0.39 is 10.7 Å². The number of hydrogen-bond donors (Lipinski definition) is 1. The Labute approximate surface area is 157 Å². The van der Waals surface area contributed by atoms with Gasteiger partial charge in [-0.05, 0) is 24.3 Å². The first-order chi connectivity index (χ1) is 13.5. The van der Waals surface area contributed by atoms with E-state index in [1.54, 1.807) is 6.07 Å². The van der Waals surface area contributed by atoms with Crippen LogP contribution >= 0.6 is 0 Å². The maximum atomic E-state index is 14.2. The quantitative estimate of drug-likeness (QED) is 0.545. The Balaban J connectivity index is 2.02. The summed E-state index contributed by atoms with van der Waals surface area (Å²) < 4.78 is 24.7. The summed E-state index contributed by atoms with van der Waals surface area (Å²) >= 11 is 0. The highest BCUT2D eigenvalue weighted by molar-refractivity contribution is 5.86. The van der Waals surface area contributed by atoms with Crippen LogP contribution in [0.4, 0.5) is 15.9 Å². The fraction of sp³-hybridized carbons (Fsp3) is 0.0526. The Hall–Kier alpha value is -4.19. The maximum Gasteiger partial charge on any atom is 0.281 e. The number of nitrogens with two attached hydrogens (primary N) is 1. The molecule has 1 aliphatic rings. The second-order valence-electron chi connectivity index (χ2n) is 5.89. The van der Waals surface area contributed by atoms with E-state index >= 15 is 0 Å². The predicted octanol–water partition coefficient (Wildman–Crippen LogP) is 3.65. The molecule has 0 fully saturated rings. The standard InChI is InChI=1S/C19H11FN4O4/c20-14-4-2-1-3-10(14)15-5-11(13(8-21)19(22)23-15)12-6-17-18(28-9-27-17)7-16(12)24(25)26/h1-7H,9H2,(H2,22,23). The number of ether oxygens (including phenoxy) is 2. The minimum absolute atomic E-state index is 0.0537. The van der Waals surface area contributed by atoms with Crippen LogP contribution in [0.2, 0.25) is 0 Å². The molecule has 0 unspecified atom stereocenters. The highest BCUT2D eigenvalue weighted by Gasteiger charge is 2.27. The summed E-state index contributed by atoms with van der Waals surface area (Å²) in [6.07, 6.45) is 0. The van der Waals surface area contributed by atoms with Crippen LogP contribution in [0.25, 0.3) is 22.4 Å². The maximum absolute atomic E-state index is 14.2. The summed E-state index contributed by atoms with van der Waals surface area (Å²) in [6, 6.07) is 11.8. The van der Waals surface area contributed by atoms with Crippen molar-refractivity contribution in [3.63, 3.8) is 0 Å². The van der Waals surface area contributed by atoms with Crippen LogP contribution in [-0.4, -0.2) is 16.7 Å². The molecule has 0 radical (unpaired) electrons. The fourth-order valence-electron chi connectivity index (χ4n) is 3.00. The minimum atomic E-state index is -0.599. The average Bonchev–Trinajstić information content (AvgIpc) is 3.14. The minimum Gasteiger partial charge on any atom is -0.454 e. The van der Waals surface area contributed by atoms with E-state index in [4.69, 9.17) is 15.2 Å². The molecule has 0 bridgehead atoms. The van der Waals surface area contributed by atoms with Gasteiger partial charge in [0.05, 0.1) is 22.2 Å². The van der Waals surface area contributed by atoms with Gasteiger partial charge in [-0.1, -0.05) is 12.1 Å². The zero-order chi connectivity index (χ0) is 19.8. The van der Waals surface area contributed by atoms with Crippen molar-refractivity contribution >= 4 is 11.5 Å². The van der Waals surface area contributed by atoms with E-state index in [1.807, 2.05) is 6.07 Å². The first-order valence-electron chi connectivity index (χ1n) is 8.03. The predicted molar refractivity (Wildman–Crippen MR) is 97.0 cm³/mol. The number of nitro groups is 1. The van der Waals surface area contributed by atoms with Crippen molar-refractivity contribution in [3.05, 3.63) is 64.0 Å². The van der Waals surface area contributed by atoms with Gasteiger partial charge in [0, 0.05) is 11.1 Å². The molecule has 0 spiro atoms. The zero-order valence-electron chi connectivity index (χ0n) is 14.2. The van der Waals surface area contributed by atoms with Crippen LogP contribution in [0.15, 0.2) is 42.5 Å². The van der Waals surface area contributed by atoms with E-state index in [0.29, 0.717) is 5.75 Å². The second-order valence-corrected chi connectivity index (χ2v) is 5.89. The van der Waals surface area contributed by atoms with Gasteiger partial charge in [0.2, 0.25) is 6.79 Å². The zero-order valence-corrected chi connectivity index (χ0v) is 14.2. The Bertz CT molecular complexity index is 1170. The lowest BCUT2D eigenvalue weighted by atomic mass is 9.96. The number of anilines is 1. The lowest BCUT2D eigenvalue weighted by Gasteiger charge is -2.11. The molecule has 28 heavy (non-hydrogen) atoms. The highest BCUT2D eigenvalue weighted by Crippen LogP contribution is 2.44. The van der Waals surface area contributed by atoms with Gasteiger partial charge in [-0.25, -0.2) is 9.37 Å². The molecule has 0 amide bonds. The first kappa shape index (κ1) is 17.2. The van der Waals surface area contributed by atoms with Crippen molar-refractivity contribution in [2.45, 2.75) is 0 Å². The largest absolute Gasteiger partial charge is 0.454 e. The number of benzene rings is 2. The van der Waals surface area contributed by atoms with E-state index in [1.165, 1.54) is 36.4 Å². The van der Waals surface area contributed by atoms with E-state index in [2.05, 4.69) is 4.98 Å². The number of nitrogen functional groups attached to an aromatic ring is 1. The van der Waals surface area contributed by atoms with Crippen molar-refractivity contribution in [1.29, 1.82) is 5.26 Å². The molecule has 0 aliphatic carbocycles. The van der Waals surface area contributed by atoms with Gasteiger partial charge in [-0.2, -0.15) is 5.26 Å². The van der Waals surface area contributed by atoms with Gasteiger partial charge in [-0.3, -0.25) is 10.1 Å². The Morgan fingerprint density at radius 2 is 1.86 bits per heavy atom. The van der Waals surface area contributed by atoms with Crippen LogP contribution in [0.3, 0.4) is 0 Å². The Morgan fingerprint density at radius 1 is 1.14 bits per heavy atom. The summed E-state index contributed by atoms with van der Waals surface area (Å²) in [5.74, 6) is -0.173. The molecule has 1 aliphatic heterocycles. The number of nitro benzene ring substituents is 1. The fourth-order valence-corrected chi connectivity index (χ4v) is 3.00. The van der Waals surface area contributed by atoms with Crippen molar-refractivity contribution < 1.29 is 18.8 Å². The second kappa shape index (κ2) is 6.51. The molecule has 4 rings (SSSR count). The van der Waals surface area contributed by atoms with Crippen molar-refractivity contribution in [2.75, 3.05) is 12.5 Å². The molecule has 1 aromatic heterocycles. The summed E-state index contributed by atoms with van der Waals surface area (Å²) in [5, 5.41) is 21.1. The van der Waals surface area contributed by atoms with Crippen LogP contribution in [0, 0.1) is 27.3 Å². The van der Waals surface area contributed by atoms with Gasteiger partial charge in [0.25, 0.3) is 5.69 Å². The summed E-state index contributed by atoms with van der Waals surface area (Å²) in [6.45, 7) is -0.0694. The number of hydrogen-bond acceptors (Lipinski definition) is 7. The number of rotatable bonds is 3. The topological polar surface area (TPSA) is 124 Å². The van der Waals surface area contributed by atoms with Crippen molar-refractivity contribution in [1.82, 2.24) is 4.98 Å². The summed E-state index contributed by atoms with van der Waals surface area (Å²) in [5.41, 5.74) is 6.11. The van der Waals surface area contributed by atoms with Crippen LogP contribution < -0.4 is 15.2 Å². The van der Waals surface area contributed by atoms with Gasteiger partial charge < -0.3 is 15.2 Å². The normalized spacial score (nSPS) is 11.9. The smallest absolute Gasteiger partial charge is 0.281 e. The molecule has 8 nitrogen and oxygen atoms in total. The van der Waals surface area contributed by atoms with Crippen LogP contribution in [0.5, 0.6) is 11.5 Å². The van der Waals surface area contributed by atoms with Gasteiger partial charge in [0.15, 0.2) is 11.5 Å². The monoisotopic (exact) mass is 378 g/mol. The molecule has 9 heteroatoms. The third-order valence-corrected chi connectivity index (χ3v) is 4.29. The lowest BCUT2D eigenvalue weighted by molar-refractivity contribution is -0.384. The first-order valence-corrected chi connectivity index (χ1v) is 8.03. The number of pyridine rings is 1. The van der Waals surface area contributed by atoms with Crippen molar-refractivity contribution in [3.8, 4) is 40.0 Å². The molecule has 3 aromatic rings. The summed E-state index contributed by atoms with van der Waals surface area (Å²) in [4.78, 5) is 15.1. The summed E-state index contributed by atoms with van der Waals surface area (Å²) in [7, 11) is 0. The van der Waals surface area contributed by atoms with Gasteiger partial charge in [-0.15, -0.1) is 0 Å². The number of nitriles is 1. The number of fused-ring (bicyclic) bond motifs is 1. The van der Waals surface area contributed by atoms with Crippen LogP contribution in [-0.2, 0) is 0 Å². The molecule has 0 saturated carbocycles. The van der Waals surface area contributed by atoms with E-state index in [0.717, 1.165) is 0 Å². The molecular formula is C19H11FN4O4. The molecule has 138 valence electrons. The number of aromatic nitrogens is 1. The number of nitrogens with zero attached hydrogens (tertiary/aromatic N) is 3.